The molecule has 0 aliphatic carbocycles. The van der Waals surface area contributed by atoms with Crippen LogP contribution < -0.4 is 10.6 Å². The maximum atomic E-state index is 14.2. The third kappa shape index (κ3) is 3.89. The lowest BCUT2D eigenvalue weighted by Gasteiger charge is -2.12. The van der Waals surface area contributed by atoms with Gasteiger partial charge in [0.1, 0.15) is 11.6 Å². The van der Waals surface area contributed by atoms with Crippen molar-refractivity contribution in [3.05, 3.63) is 81.0 Å². The van der Waals surface area contributed by atoms with Gasteiger partial charge in [-0.25, -0.2) is 8.78 Å². The molecule has 1 aromatic heterocycles. The number of anilines is 2. The zero-order valence-corrected chi connectivity index (χ0v) is 14.6. The summed E-state index contributed by atoms with van der Waals surface area (Å²) in [5, 5.41) is 6.51. The fourth-order valence-electron chi connectivity index (χ4n) is 2.22. The van der Waals surface area contributed by atoms with Gasteiger partial charge in [-0.3, -0.25) is 9.59 Å². The molecule has 4 nitrogen and oxygen atoms in total. The maximum Gasteiger partial charge on any atom is 0.265 e. The molecule has 0 aliphatic heterocycles. The highest BCUT2D eigenvalue weighted by atomic mass is 35.5. The van der Waals surface area contributed by atoms with E-state index in [1.807, 2.05) is 0 Å². The van der Waals surface area contributed by atoms with Crippen LogP contribution in [-0.4, -0.2) is 11.8 Å². The van der Waals surface area contributed by atoms with Gasteiger partial charge in [-0.15, -0.1) is 11.3 Å². The first-order chi connectivity index (χ1) is 12.5. The Morgan fingerprint density at radius 2 is 1.73 bits per heavy atom. The molecule has 0 saturated heterocycles. The number of carbonyl (C=O) groups is 2. The van der Waals surface area contributed by atoms with Gasteiger partial charge in [-0.2, -0.15) is 0 Å². The van der Waals surface area contributed by atoms with Crippen LogP contribution in [0.25, 0.3) is 0 Å². The van der Waals surface area contributed by atoms with Gasteiger partial charge < -0.3 is 10.6 Å². The van der Waals surface area contributed by atoms with Crippen LogP contribution >= 0.6 is 22.9 Å². The van der Waals surface area contributed by atoms with Crippen LogP contribution in [0, 0.1) is 11.6 Å². The Labute approximate surface area is 156 Å². The van der Waals surface area contributed by atoms with Crippen LogP contribution in [0.3, 0.4) is 0 Å². The molecule has 0 atom stereocenters. The molecule has 0 spiro atoms. The van der Waals surface area contributed by atoms with Crippen LogP contribution in [0.2, 0.25) is 5.02 Å². The number of halogens is 3. The van der Waals surface area contributed by atoms with Gasteiger partial charge in [0.2, 0.25) is 0 Å². The average Bonchev–Trinajstić information content (AvgIpc) is 3.13. The number of hydrogen-bond donors (Lipinski definition) is 2. The average molecular weight is 393 g/mol. The molecule has 0 aliphatic rings. The number of amides is 2. The minimum atomic E-state index is -0.806. The number of thiophene rings is 1. The Kier molecular flexibility index (Phi) is 5.29. The number of rotatable bonds is 4. The first-order valence-electron chi connectivity index (χ1n) is 7.35. The van der Waals surface area contributed by atoms with Crippen molar-refractivity contribution in [2.24, 2.45) is 0 Å². The summed E-state index contributed by atoms with van der Waals surface area (Å²) >= 11 is 6.89. The van der Waals surface area contributed by atoms with E-state index in [2.05, 4.69) is 10.6 Å². The second-order valence-corrected chi connectivity index (χ2v) is 6.53. The Morgan fingerprint density at radius 1 is 0.923 bits per heavy atom. The summed E-state index contributed by atoms with van der Waals surface area (Å²) < 4.78 is 27.5. The zero-order chi connectivity index (χ0) is 18.7. The fraction of sp³-hybridized carbons (Fsp3) is 0. The fourth-order valence-corrected chi connectivity index (χ4v) is 3.02. The first-order valence-corrected chi connectivity index (χ1v) is 8.61. The quantitative estimate of drug-likeness (QED) is 0.642. The third-order valence-electron chi connectivity index (χ3n) is 3.41. The Bertz CT molecular complexity index is 977. The molecule has 0 unspecified atom stereocenters. The predicted octanol–water partition coefficient (Wildman–Crippen LogP) is 5.18. The molecule has 132 valence electrons. The topological polar surface area (TPSA) is 58.2 Å². The monoisotopic (exact) mass is 392 g/mol. The lowest BCUT2D eigenvalue weighted by Crippen LogP contribution is -2.19. The lowest BCUT2D eigenvalue weighted by atomic mass is 10.1. The van der Waals surface area contributed by atoms with Gasteiger partial charge in [0.15, 0.2) is 0 Å². The number of benzene rings is 2. The van der Waals surface area contributed by atoms with Crippen LogP contribution in [0.5, 0.6) is 0 Å². The van der Waals surface area contributed by atoms with Crippen LogP contribution in [-0.2, 0) is 0 Å². The summed E-state index contributed by atoms with van der Waals surface area (Å²) in [6.07, 6.45) is 0. The summed E-state index contributed by atoms with van der Waals surface area (Å²) in [6.45, 7) is 0. The summed E-state index contributed by atoms with van der Waals surface area (Å²) in [4.78, 5) is 25.1. The standard InChI is InChI=1S/C18H11ClF2N2O2S/c19-11-9-10(6-7-12(11)20)22-18(25)16-13(21)3-1-4-14(16)23-17(24)15-5-2-8-26-15/h1-9H,(H,22,25)(H,23,24). The Hall–Kier alpha value is -2.77. The smallest absolute Gasteiger partial charge is 0.265 e. The van der Waals surface area contributed by atoms with Crippen molar-refractivity contribution in [2.75, 3.05) is 10.6 Å². The van der Waals surface area contributed by atoms with E-state index in [1.54, 1.807) is 17.5 Å². The molecular formula is C18H11ClF2N2O2S. The van der Waals surface area contributed by atoms with E-state index in [0.717, 1.165) is 12.1 Å². The number of carbonyl (C=O) groups excluding carboxylic acids is 2. The molecule has 2 amide bonds. The molecule has 0 saturated carbocycles. The Balaban J connectivity index is 1.87. The second kappa shape index (κ2) is 7.63. The van der Waals surface area contributed by atoms with Crippen LogP contribution in [0.4, 0.5) is 20.2 Å². The van der Waals surface area contributed by atoms with E-state index in [4.69, 9.17) is 11.6 Å². The maximum absolute atomic E-state index is 14.2. The molecule has 0 fully saturated rings. The van der Waals surface area contributed by atoms with E-state index in [1.165, 1.54) is 35.6 Å². The molecular weight excluding hydrogens is 382 g/mol. The van der Waals surface area contributed by atoms with Crippen molar-refractivity contribution < 1.29 is 18.4 Å². The second-order valence-electron chi connectivity index (χ2n) is 5.18. The van der Waals surface area contributed by atoms with E-state index in [-0.39, 0.29) is 22.0 Å². The summed E-state index contributed by atoms with van der Waals surface area (Å²) in [5.41, 5.74) is -0.118. The lowest BCUT2D eigenvalue weighted by molar-refractivity contribution is 0.102. The highest BCUT2D eigenvalue weighted by Crippen LogP contribution is 2.24. The largest absolute Gasteiger partial charge is 0.322 e. The minimum absolute atomic E-state index is 0.0223. The number of hydrogen-bond acceptors (Lipinski definition) is 3. The van der Waals surface area contributed by atoms with Gasteiger partial charge in [-0.1, -0.05) is 23.7 Å². The third-order valence-corrected chi connectivity index (χ3v) is 4.57. The van der Waals surface area contributed by atoms with Crippen LogP contribution in [0.1, 0.15) is 20.0 Å². The van der Waals surface area contributed by atoms with E-state index >= 15 is 0 Å². The summed E-state index contributed by atoms with van der Waals surface area (Å²) in [7, 11) is 0. The van der Waals surface area contributed by atoms with Gasteiger partial charge >= 0.3 is 0 Å². The van der Waals surface area contributed by atoms with E-state index in [9.17, 15) is 18.4 Å². The molecule has 0 bridgehead atoms. The van der Waals surface area contributed by atoms with Crippen molar-refractivity contribution >= 4 is 46.1 Å². The molecule has 3 rings (SSSR count). The molecule has 0 radical (unpaired) electrons. The van der Waals surface area contributed by atoms with Crippen LogP contribution in [0.15, 0.2) is 53.9 Å². The normalized spacial score (nSPS) is 10.4. The van der Waals surface area contributed by atoms with E-state index < -0.39 is 23.4 Å². The zero-order valence-electron chi connectivity index (χ0n) is 13.1. The Morgan fingerprint density at radius 3 is 2.42 bits per heavy atom. The van der Waals surface area contributed by atoms with Gasteiger partial charge in [0, 0.05) is 5.69 Å². The van der Waals surface area contributed by atoms with Crippen molar-refractivity contribution in [2.45, 2.75) is 0 Å². The predicted molar refractivity (Wildman–Crippen MR) is 98.0 cm³/mol. The first kappa shape index (κ1) is 18.0. The van der Waals surface area contributed by atoms with Gasteiger partial charge in [0.25, 0.3) is 11.8 Å². The van der Waals surface area contributed by atoms with Crippen molar-refractivity contribution in [3.63, 3.8) is 0 Å². The SMILES string of the molecule is O=C(Nc1cccc(F)c1C(=O)Nc1ccc(F)c(Cl)c1)c1cccs1. The molecule has 8 heteroatoms. The molecule has 2 aromatic carbocycles. The summed E-state index contributed by atoms with van der Waals surface area (Å²) in [6, 6.07) is 10.8. The van der Waals surface area contributed by atoms with Crippen molar-refractivity contribution in [1.82, 2.24) is 0 Å². The van der Waals surface area contributed by atoms with Gasteiger partial charge in [-0.05, 0) is 41.8 Å². The van der Waals surface area contributed by atoms with Crippen molar-refractivity contribution in [1.29, 1.82) is 0 Å². The highest BCUT2D eigenvalue weighted by molar-refractivity contribution is 7.12. The van der Waals surface area contributed by atoms with Crippen molar-refractivity contribution in [3.8, 4) is 0 Å². The molecule has 2 N–H and O–H groups in total. The molecule has 1 heterocycles. The summed E-state index contributed by atoms with van der Waals surface area (Å²) in [5.74, 6) is -2.70. The minimum Gasteiger partial charge on any atom is -0.322 e. The molecule has 26 heavy (non-hydrogen) atoms. The van der Waals surface area contributed by atoms with Gasteiger partial charge in [0.05, 0.1) is 21.2 Å². The highest BCUT2D eigenvalue weighted by Gasteiger charge is 2.19. The molecule has 3 aromatic rings. The van der Waals surface area contributed by atoms with E-state index in [0.29, 0.717) is 4.88 Å². The number of nitrogens with one attached hydrogen (secondary N) is 2.